The molecule has 2 amide bonds. The molecule has 1 atom stereocenters. The molecule has 0 saturated carbocycles. The number of amides is 2. The van der Waals surface area contributed by atoms with Gasteiger partial charge in [-0.05, 0) is 26.7 Å². The maximum Gasteiger partial charge on any atom is 0.248 e. The van der Waals surface area contributed by atoms with Crippen LogP contribution in [0, 0.1) is 13.8 Å². The first-order chi connectivity index (χ1) is 10.5. The number of rotatable bonds is 5. The van der Waals surface area contributed by atoms with Gasteiger partial charge in [-0.3, -0.25) is 9.59 Å². The van der Waals surface area contributed by atoms with Crippen LogP contribution in [0.15, 0.2) is 4.52 Å². The lowest BCUT2D eigenvalue weighted by molar-refractivity contribution is -0.147. The summed E-state index contributed by atoms with van der Waals surface area (Å²) in [6.07, 6.45) is 1.57. The molecular weight excluding hydrogens is 286 g/mol. The average Bonchev–Trinajstić information content (AvgIpc) is 3.06. The van der Waals surface area contributed by atoms with Crippen LogP contribution in [0.25, 0.3) is 0 Å². The Bertz CT molecular complexity index is 550. The van der Waals surface area contributed by atoms with E-state index >= 15 is 0 Å². The van der Waals surface area contributed by atoms with Crippen LogP contribution < -0.4 is 5.32 Å². The van der Waals surface area contributed by atoms with Crippen molar-refractivity contribution in [2.24, 2.45) is 0 Å². The van der Waals surface area contributed by atoms with Crippen LogP contribution in [0.5, 0.6) is 0 Å². The monoisotopic (exact) mass is 309 g/mol. The molecular formula is C15H23N3O4. The van der Waals surface area contributed by atoms with E-state index in [1.807, 2.05) is 6.92 Å². The number of aromatic nitrogens is 1. The predicted molar refractivity (Wildman–Crippen MR) is 79.3 cm³/mol. The molecule has 1 aliphatic heterocycles. The highest BCUT2D eigenvalue weighted by Gasteiger charge is 2.49. The third-order valence-corrected chi connectivity index (χ3v) is 4.33. The summed E-state index contributed by atoms with van der Waals surface area (Å²) < 4.78 is 10.3. The van der Waals surface area contributed by atoms with Gasteiger partial charge in [0.25, 0.3) is 0 Å². The van der Waals surface area contributed by atoms with Gasteiger partial charge in [-0.2, -0.15) is 0 Å². The fourth-order valence-electron chi connectivity index (χ4n) is 3.17. The number of hydrogen-bond donors (Lipinski definition) is 1. The van der Waals surface area contributed by atoms with Crippen LogP contribution in [0.4, 0.5) is 0 Å². The standard InChI is InChI=1S/C15H23N3O4/c1-10-12(11(2)22-17-10)8-13(19)18-7-5-6-15(18,9-21-4)14(20)16-3/h5-9H2,1-4H3,(H,16,20). The molecule has 1 fully saturated rings. The number of ether oxygens (including phenoxy) is 1. The van der Waals surface area contributed by atoms with Gasteiger partial charge in [0.05, 0.1) is 18.7 Å². The number of nitrogens with zero attached hydrogens (tertiary/aromatic N) is 2. The van der Waals surface area contributed by atoms with E-state index in [0.717, 1.165) is 12.0 Å². The molecule has 0 aromatic carbocycles. The van der Waals surface area contributed by atoms with Gasteiger partial charge in [0.2, 0.25) is 11.8 Å². The number of nitrogens with one attached hydrogen (secondary N) is 1. The van der Waals surface area contributed by atoms with Crippen molar-refractivity contribution in [3.05, 3.63) is 17.0 Å². The summed E-state index contributed by atoms with van der Waals surface area (Å²) >= 11 is 0. The number of likely N-dealkylation sites (tertiary alicyclic amines) is 1. The quantitative estimate of drug-likeness (QED) is 0.860. The van der Waals surface area contributed by atoms with E-state index in [2.05, 4.69) is 10.5 Å². The van der Waals surface area contributed by atoms with Crippen LogP contribution in [-0.4, -0.2) is 54.7 Å². The molecule has 2 rings (SSSR count). The highest BCUT2D eigenvalue weighted by molar-refractivity contribution is 5.92. The highest BCUT2D eigenvalue weighted by atomic mass is 16.5. The van der Waals surface area contributed by atoms with Crippen LogP contribution in [0.3, 0.4) is 0 Å². The topological polar surface area (TPSA) is 84.7 Å². The normalized spacial score (nSPS) is 21.2. The van der Waals surface area contributed by atoms with Crippen molar-refractivity contribution in [3.8, 4) is 0 Å². The summed E-state index contributed by atoms with van der Waals surface area (Å²) in [6, 6.07) is 0. The van der Waals surface area contributed by atoms with Gasteiger partial charge in [0.15, 0.2) is 0 Å². The van der Waals surface area contributed by atoms with Crippen molar-refractivity contribution < 1.29 is 18.8 Å². The Balaban J connectivity index is 2.25. The Kier molecular flexibility index (Phi) is 4.85. The van der Waals surface area contributed by atoms with Gasteiger partial charge in [0, 0.05) is 26.3 Å². The Morgan fingerprint density at radius 3 is 2.73 bits per heavy atom. The number of carbonyl (C=O) groups excluding carboxylic acids is 2. The van der Waals surface area contributed by atoms with Gasteiger partial charge in [0.1, 0.15) is 11.3 Å². The summed E-state index contributed by atoms with van der Waals surface area (Å²) in [6.45, 7) is 4.34. The maximum absolute atomic E-state index is 12.7. The molecule has 0 bridgehead atoms. The van der Waals surface area contributed by atoms with Crippen LogP contribution in [-0.2, 0) is 20.7 Å². The molecule has 0 spiro atoms. The Hall–Kier alpha value is -1.89. The Labute approximate surface area is 130 Å². The minimum Gasteiger partial charge on any atom is -0.382 e. The minimum atomic E-state index is -0.917. The van der Waals surface area contributed by atoms with Crippen molar-refractivity contribution in [1.29, 1.82) is 0 Å². The van der Waals surface area contributed by atoms with Crippen molar-refractivity contribution in [3.63, 3.8) is 0 Å². The lowest BCUT2D eigenvalue weighted by atomic mass is 9.95. The number of methoxy groups -OCH3 is 1. The van der Waals surface area contributed by atoms with E-state index in [4.69, 9.17) is 9.26 Å². The molecule has 122 valence electrons. The molecule has 1 unspecified atom stereocenters. The second kappa shape index (κ2) is 6.48. The molecule has 2 heterocycles. The van der Waals surface area contributed by atoms with Gasteiger partial charge >= 0.3 is 0 Å². The van der Waals surface area contributed by atoms with Gasteiger partial charge in [-0.15, -0.1) is 0 Å². The lowest BCUT2D eigenvalue weighted by Gasteiger charge is -2.36. The van der Waals surface area contributed by atoms with Crippen LogP contribution in [0.2, 0.25) is 0 Å². The zero-order valence-electron chi connectivity index (χ0n) is 13.6. The molecule has 1 N–H and O–H groups in total. The molecule has 0 aliphatic carbocycles. The summed E-state index contributed by atoms with van der Waals surface area (Å²) in [7, 11) is 3.12. The van der Waals surface area contributed by atoms with E-state index in [0.29, 0.717) is 24.4 Å². The van der Waals surface area contributed by atoms with E-state index in [-0.39, 0.29) is 24.8 Å². The van der Waals surface area contributed by atoms with Gasteiger partial charge < -0.3 is 19.5 Å². The van der Waals surface area contributed by atoms with Crippen molar-refractivity contribution in [1.82, 2.24) is 15.4 Å². The fourth-order valence-corrected chi connectivity index (χ4v) is 3.17. The number of hydrogen-bond acceptors (Lipinski definition) is 5. The third-order valence-electron chi connectivity index (χ3n) is 4.33. The van der Waals surface area contributed by atoms with Crippen molar-refractivity contribution in [2.45, 2.75) is 38.6 Å². The second-order valence-corrected chi connectivity index (χ2v) is 5.67. The first kappa shape index (κ1) is 16.5. The number of likely N-dealkylation sites (N-methyl/N-ethyl adjacent to an activating group) is 1. The molecule has 1 aromatic rings. The van der Waals surface area contributed by atoms with E-state index < -0.39 is 5.54 Å². The van der Waals surface area contributed by atoms with Gasteiger partial charge in [-0.1, -0.05) is 5.16 Å². The van der Waals surface area contributed by atoms with Crippen LogP contribution in [0.1, 0.15) is 29.9 Å². The lowest BCUT2D eigenvalue weighted by Crippen LogP contribution is -2.59. The fraction of sp³-hybridized carbons (Fsp3) is 0.667. The molecule has 1 aromatic heterocycles. The van der Waals surface area contributed by atoms with Crippen LogP contribution >= 0.6 is 0 Å². The Morgan fingerprint density at radius 1 is 1.45 bits per heavy atom. The summed E-state index contributed by atoms with van der Waals surface area (Å²) in [5.74, 6) is 0.355. The zero-order valence-corrected chi connectivity index (χ0v) is 13.6. The number of carbonyl (C=O) groups is 2. The molecule has 22 heavy (non-hydrogen) atoms. The molecule has 1 aliphatic rings. The zero-order chi connectivity index (χ0) is 16.3. The van der Waals surface area contributed by atoms with Crippen molar-refractivity contribution in [2.75, 3.05) is 27.3 Å². The third kappa shape index (κ3) is 2.72. The summed E-state index contributed by atoms with van der Waals surface area (Å²) in [5, 5.41) is 6.53. The predicted octanol–water partition coefficient (Wildman–Crippen LogP) is 0.588. The smallest absolute Gasteiger partial charge is 0.248 e. The second-order valence-electron chi connectivity index (χ2n) is 5.67. The summed E-state index contributed by atoms with van der Waals surface area (Å²) in [4.78, 5) is 26.8. The van der Waals surface area contributed by atoms with E-state index in [9.17, 15) is 9.59 Å². The highest BCUT2D eigenvalue weighted by Crippen LogP contribution is 2.31. The Morgan fingerprint density at radius 2 is 2.18 bits per heavy atom. The summed E-state index contributed by atoms with van der Waals surface area (Å²) in [5.41, 5.74) is 0.585. The van der Waals surface area contributed by atoms with E-state index in [1.165, 1.54) is 0 Å². The van der Waals surface area contributed by atoms with E-state index in [1.54, 1.807) is 26.0 Å². The first-order valence-electron chi connectivity index (χ1n) is 7.39. The maximum atomic E-state index is 12.7. The minimum absolute atomic E-state index is 0.104. The average molecular weight is 309 g/mol. The molecule has 7 nitrogen and oxygen atoms in total. The SMILES string of the molecule is CNC(=O)C1(COC)CCCN1C(=O)Cc1c(C)noc1C. The van der Waals surface area contributed by atoms with Crippen molar-refractivity contribution >= 4 is 11.8 Å². The molecule has 1 saturated heterocycles. The first-order valence-corrected chi connectivity index (χ1v) is 7.39. The molecule has 0 radical (unpaired) electrons. The van der Waals surface area contributed by atoms with Gasteiger partial charge in [-0.25, -0.2) is 0 Å². The largest absolute Gasteiger partial charge is 0.382 e. The molecule has 7 heteroatoms. The number of aryl methyl sites for hydroxylation is 2.